The van der Waals surface area contributed by atoms with E-state index in [0.717, 1.165) is 0 Å². The fourth-order valence-electron chi connectivity index (χ4n) is 1.48. The molecule has 6 heteroatoms. The molecule has 0 aliphatic rings. The molecule has 0 aromatic carbocycles. The molecule has 0 aromatic heterocycles. The fraction of sp³-hybridized carbons (Fsp3) is 0.867. The molecule has 0 aliphatic heterocycles. The number of nitrogens with one attached hydrogen (secondary N) is 1. The molecular formula is C15H29NO5. The maximum absolute atomic E-state index is 12.2. The smallest absolute Gasteiger partial charge is 0.408 e. The molecule has 2 N–H and O–H groups in total. The zero-order valence-corrected chi connectivity index (χ0v) is 14.3. The van der Waals surface area contributed by atoms with E-state index < -0.39 is 41.3 Å². The van der Waals surface area contributed by atoms with Crippen LogP contribution in [0.1, 0.15) is 55.4 Å². The van der Waals surface area contributed by atoms with E-state index in [1.54, 1.807) is 55.4 Å². The first-order valence-electron chi connectivity index (χ1n) is 7.13. The quantitative estimate of drug-likeness (QED) is 0.778. The van der Waals surface area contributed by atoms with Crippen LogP contribution in [0.2, 0.25) is 0 Å². The van der Waals surface area contributed by atoms with Crippen LogP contribution in [-0.4, -0.2) is 40.5 Å². The monoisotopic (exact) mass is 303 g/mol. The van der Waals surface area contributed by atoms with Gasteiger partial charge in [0.15, 0.2) is 0 Å². The zero-order valence-electron chi connectivity index (χ0n) is 14.3. The summed E-state index contributed by atoms with van der Waals surface area (Å²) in [5.74, 6) is -1.10. The van der Waals surface area contributed by atoms with Crippen LogP contribution in [-0.2, 0) is 14.3 Å². The number of carbonyl (C=O) groups excluding carboxylic acids is 2. The Kier molecular flexibility index (Phi) is 6.67. The summed E-state index contributed by atoms with van der Waals surface area (Å²) < 4.78 is 10.4. The molecule has 3 unspecified atom stereocenters. The number of alkyl carbamates (subject to hydrolysis) is 1. The van der Waals surface area contributed by atoms with E-state index in [4.69, 9.17) is 9.47 Å². The summed E-state index contributed by atoms with van der Waals surface area (Å²) in [4.78, 5) is 24.0. The van der Waals surface area contributed by atoms with E-state index in [1.807, 2.05) is 0 Å². The predicted octanol–water partition coefficient (Wildman–Crippen LogP) is 2.24. The Morgan fingerprint density at radius 3 is 1.71 bits per heavy atom. The van der Waals surface area contributed by atoms with Gasteiger partial charge in [0.2, 0.25) is 0 Å². The van der Waals surface area contributed by atoms with Crippen LogP contribution in [0.25, 0.3) is 0 Å². The summed E-state index contributed by atoms with van der Waals surface area (Å²) in [5, 5.41) is 12.2. The van der Waals surface area contributed by atoms with Crippen LogP contribution >= 0.6 is 0 Å². The SMILES string of the molecule is CC(O)C(C)C(NC(=O)OC(C)(C)C)C(=O)OC(C)(C)C. The van der Waals surface area contributed by atoms with Crippen molar-refractivity contribution in [1.29, 1.82) is 0 Å². The van der Waals surface area contributed by atoms with Crippen LogP contribution in [0.15, 0.2) is 0 Å². The minimum Gasteiger partial charge on any atom is -0.458 e. The predicted molar refractivity (Wildman–Crippen MR) is 79.8 cm³/mol. The standard InChI is InChI=1S/C15H29NO5/c1-9(10(2)17)11(12(18)20-14(3,4)5)16-13(19)21-15(6,7)8/h9-11,17H,1-8H3,(H,16,19). The first-order chi connectivity index (χ1) is 9.23. The largest absolute Gasteiger partial charge is 0.458 e. The van der Waals surface area contributed by atoms with Gasteiger partial charge in [0.05, 0.1) is 6.10 Å². The molecule has 0 heterocycles. The third kappa shape index (κ3) is 8.55. The second-order valence-corrected chi connectivity index (χ2v) is 7.26. The lowest BCUT2D eigenvalue weighted by Gasteiger charge is -2.30. The van der Waals surface area contributed by atoms with Crippen molar-refractivity contribution in [3.05, 3.63) is 0 Å². The first kappa shape index (κ1) is 19.7. The Labute approximate surface area is 127 Å². The van der Waals surface area contributed by atoms with Crippen molar-refractivity contribution in [2.75, 3.05) is 0 Å². The summed E-state index contributed by atoms with van der Waals surface area (Å²) in [5.41, 5.74) is -1.35. The summed E-state index contributed by atoms with van der Waals surface area (Å²) in [6.45, 7) is 13.6. The number of amides is 1. The Morgan fingerprint density at radius 2 is 1.38 bits per heavy atom. The highest BCUT2D eigenvalue weighted by Gasteiger charge is 2.34. The van der Waals surface area contributed by atoms with Gasteiger partial charge in [-0.05, 0) is 48.5 Å². The third-order valence-corrected chi connectivity index (χ3v) is 2.62. The van der Waals surface area contributed by atoms with E-state index in [9.17, 15) is 14.7 Å². The minimum absolute atomic E-state index is 0.507. The van der Waals surface area contributed by atoms with Gasteiger partial charge in [0.25, 0.3) is 0 Å². The van der Waals surface area contributed by atoms with Gasteiger partial charge in [-0.25, -0.2) is 9.59 Å². The Balaban J connectivity index is 5.00. The molecule has 124 valence electrons. The normalized spacial score (nSPS) is 16.6. The number of ether oxygens (including phenoxy) is 2. The average molecular weight is 303 g/mol. The van der Waals surface area contributed by atoms with Crippen LogP contribution in [0, 0.1) is 5.92 Å². The highest BCUT2D eigenvalue weighted by atomic mass is 16.6. The zero-order chi connectivity index (χ0) is 17.0. The molecule has 3 atom stereocenters. The highest BCUT2D eigenvalue weighted by Crippen LogP contribution is 2.16. The number of esters is 1. The van der Waals surface area contributed by atoms with Crippen molar-refractivity contribution in [3.8, 4) is 0 Å². The lowest BCUT2D eigenvalue weighted by atomic mass is 9.96. The van der Waals surface area contributed by atoms with Crippen molar-refractivity contribution in [1.82, 2.24) is 5.32 Å². The minimum atomic E-state index is -0.973. The molecule has 0 fully saturated rings. The Bertz CT molecular complexity index is 365. The van der Waals surface area contributed by atoms with Crippen molar-refractivity contribution >= 4 is 12.1 Å². The highest BCUT2D eigenvalue weighted by molar-refractivity contribution is 5.82. The molecule has 0 rings (SSSR count). The van der Waals surface area contributed by atoms with Gasteiger partial charge < -0.3 is 19.9 Å². The summed E-state index contributed by atoms with van der Waals surface area (Å²) in [6.07, 6.45) is -1.50. The van der Waals surface area contributed by atoms with Gasteiger partial charge >= 0.3 is 12.1 Å². The van der Waals surface area contributed by atoms with Crippen LogP contribution in [0.4, 0.5) is 4.79 Å². The number of aliphatic hydroxyl groups is 1. The van der Waals surface area contributed by atoms with E-state index in [-0.39, 0.29) is 0 Å². The summed E-state index contributed by atoms with van der Waals surface area (Å²) in [6, 6.07) is -0.973. The Hall–Kier alpha value is -1.30. The van der Waals surface area contributed by atoms with E-state index >= 15 is 0 Å². The van der Waals surface area contributed by atoms with Crippen molar-refractivity contribution in [2.24, 2.45) is 5.92 Å². The van der Waals surface area contributed by atoms with Gasteiger partial charge in [-0.15, -0.1) is 0 Å². The van der Waals surface area contributed by atoms with Gasteiger partial charge in [-0.2, -0.15) is 0 Å². The van der Waals surface area contributed by atoms with Gasteiger partial charge in [-0.1, -0.05) is 6.92 Å². The third-order valence-electron chi connectivity index (χ3n) is 2.62. The van der Waals surface area contributed by atoms with E-state index in [0.29, 0.717) is 0 Å². The number of hydrogen-bond donors (Lipinski definition) is 2. The molecule has 0 aliphatic carbocycles. The summed E-state index contributed by atoms with van der Waals surface area (Å²) in [7, 11) is 0. The van der Waals surface area contributed by atoms with Crippen molar-refractivity contribution in [2.45, 2.75) is 78.7 Å². The van der Waals surface area contributed by atoms with Gasteiger partial charge in [-0.3, -0.25) is 0 Å². The lowest BCUT2D eigenvalue weighted by molar-refractivity contribution is -0.160. The van der Waals surface area contributed by atoms with Crippen LogP contribution < -0.4 is 5.32 Å². The van der Waals surface area contributed by atoms with E-state index in [2.05, 4.69) is 5.32 Å². The van der Waals surface area contributed by atoms with Gasteiger partial charge in [0, 0.05) is 5.92 Å². The number of hydrogen-bond acceptors (Lipinski definition) is 5. The van der Waals surface area contributed by atoms with Crippen LogP contribution in [0.3, 0.4) is 0 Å². The molecular weight excluding hydrogens is 274 g/mol. The van der Waals surface area contributed by atoms with Crippen molar-refractivity contribution < 1.29 is 24.2 Å². The molecule has 0 radical (unpaired) electrons. The van der Waals surface area contributed by atoms with Crippen LogP contribution in [0.5, 0.6) is 0 Å². The molecule has 0 spiro atoms. The second-order valence-electron chi connectivity index (χ2n) is 7.26. The first-order valence-corrected chi connectivity index (χ1v) is 7.13. The summed E-state index contributed by atoms with van der Waals surface area (Å²) >= 11 is 0. The maximum Gasteiger partial charge on any atom is 0.408 e. The fourth-order valence-corrected chi connectivity index (χ4v) is 1.48. The molecule has 0 aromatic rings. The molecule has 1 amide bonds. The lowest BCUT2D eigenvalue weighted by Crippen LogP contribution is -2.51. The van der Waals surface area contributed by atoms with Crippen molar-refractivity contribution in [3.63, 3.8) is 0 Å². The molecule has 0 saturated heterocycles. The average Bonchev–Trinajstić information content (AvgIpc) is 2.19. The molecule has 0 saturated carbocycles. The Morgan fingerprint density at radius 1 is 0.952 bits per heavy atom. The number of rotatable bonds is 4. The number of aliphatic hydroxyl groups excluding tert-OH is 1. The number of carbonyl (C=O) groups is 2. The second kappa shape index (κ2) is 7.11. The van der Waals surface area contributed by atoms with E-state index in [1.165, 1.54) is 0 Å². The molecule has 21 heavy (non-hydrogen) atoms. The molecule has 0 bridgehead atoms. The van der Waals surface area contributed by atoms with Gasteiger partial charge in [0.1, 0.15) is 17.2 Å². The maximum atomic E-state index is 12.2. The topological polar surface area (TPSA) is 84.9 Å². The molecule has 6 nitrogen and oxygen atoms in total.